The van der Waals surface area contributed by atoms with Gasteiger partial charge in [0.2, 0.25) is 5.89 Å². The first-order valence-corrected chi connectivity index (χ1v) is 11.6. The Hall–Kier alpha value is -4.29. The molecular formula is C29H23N3O2S. The summed E-state index contributed by atoms with van der Waals surface area (Å²) >= 11 is 5.42. The SMILES string of the molecule is Cc1ccc2nc(-c3ccc(C)c(NC(=S)NC(=O)c4ccc(-c5ccccc5)cc4)c3)oc2c1. The van der Waals surface area contributed by atoms with Gasteiger partial charge in [0, 0.05) is 16.8 Å². The molecule has 0 unspecified atom stereocenters. The molecule has 0 bridgehead atoms. The lowest BCUT2D eigenvalue weighted by molar-refractivity contribution is 0.0977. The van der Waals surface area contributed by atoms with Crippen LogP contribution in [0.3, 0.4) is 0 Å². The highest BCUT2D eigenvalue weighted by atomic mass is 32.1. The molecule has 0 aliphatic rings. The van der Waals surface area contributed by atoms with Crippen LogP contribution in [0.1, 0.15) is 21.5 Å². The first-order valence-electron chi connectivity index (χ1n) is 11.2. The Labute approximate surface area is 208 Å². The molecule has 35 heavy (non-hydrogen) atoms. The Kier molecular flexibility index (Phi) is 6.12. The predicted octanol–water partition coefficient (Wildman–Crippen LogP) is 6.91. The minimum atomic E-state index is -0.273. The van der Waals surface area contributed by atoms with Crippen LogP contribution in [0, 0.1) is 13.8 Å². The van der Waals surface area contributed by atoms with Crippen LogP contribution < -0.4 is 10.6 Å². The smallest absolute Gasteiger partial charge is 0.257 e. The number of amides is 1. The van der Waals surface area contributed by atoms with Gasteiger partial charge in [-0.3, -0.25) is 10.1 Å². The highest BCUT2D eigenvalue weighted by Crippen LogP contribution is 2.28. The zero-order valence-corrected chi connectivity index (χ0v) is 20.1. The van der Waals surface area contributed by atoms with E-state index in [1.165, 1.54) is 0 Å². The van der Waals surface area contributed by atoms with Gasteiger partial charge >= 0.3 is 0 Å². The highest BCUT2D eigenvalue weighted by molar-refractivity contribution is 7.80. The number of aromatic nitrogens is 1. The third-order valence-corrected chi connectivity index (χ3v) is 5.96. The summed E-state index contributed by atoms with van der Waals surface area (Å²) in [6, 6.07) is 29.2. The number of rotatable bonds is 4. The number of benzene rings is 4. The van der Waals surface area contributed by atoms with Crippen LogP contribution in [0.25, 0.3) is 33.7 Å². The maximum Gasteiger partial charge on any atom is 0.257 e. The Morgan fingerprint density at radius 2 is 1.54 bits per heavy atom. The predicted molar refractivity (Wildman–Crippen MR) is 144 cm³/mol. The summed E-state index contributed by atoms with van der Waals surface area (Å²) in [5.41, 5.74) is 7.90. The van der Waals surface area contributed by atoms with E-state index >= 15 is 0 Å². The minimum Gasteiger partial charge on any atom is -0.436 e. The Morgan fingerprint density at radius 1 is 0.829 bits per heavy atom. The number of carbonyl (C=O) groups excluding carboxylic acids is 1. The van der Waals surface area contributed by atoms with E-state index in [0.717, 1.165) is 44.6 Å². The van der Waals surface area contributed by atoms with Crippen LogP contribution in [0.5, 0.6) is 0 Å². The monoisotopic (exact) mass is 477 g/mol. The van der Waals surface area contributed by atoms with Gasteiger partial charge in [-0.25, -0.2) is 4.98 Å². The van der Waals surface area contributed by atoms with E-state index in [4.69, 9.17) is 16.6 Å². The van der Waals surface area contributed by atoms with E-state index < -0.39 is 0 Å². The number of oxazole rings is 1. The molecule has 0 aliphatic heterocycles. The fourth-order valence-electron chi connectivity index (χ4n) is 3.82. The number of anilines is 1. The topological polar surface area (TPSA) is 67.2 Å². The standard InChI is InChI=1S/C29H23N3O2S/c1-18-8-15-24-26(16-18)34-28(30-24)23-10-9-19(2)25(17-23)31-29(35)32-27(33)22-13-11-21(12-14-22)20-6-4-3-5-7-20/h3-17H,1-2H3,(H2,31,32,33,35). The van der Waals surface area contributed by atoms with E-state index in [0.29, 0.717) is 11.5 Å². The molecule has 4 aromatic carbocycles. The molecule has 1 heterocycles. The van der Waals surface area contributed by atoms with Crippen molar-refractivity contribution in [3.63, 3.8) is 0 Å². The molecule has 0 aliphatic carbocycles. The van der Waals surface area contributed by atoms with Crippen molar-refractivity contribution in [3.8, 4) is 22.6 Å². The van der Waals surface area contributed by atoms with Gasteiger partial charge in [0.25, 0.3) is 5.91 Å². The molecule has 0 saturated heterocycles. The first-order chi connectivity index (χ1) is 17.0. The third kappa shape index (κ3) is 4.98. The molecule has 5 nitrogen and oxygen atoms in total. The van der Waals surface area contributed by atoms with E-state index in [1.807, 2.05) is 92.7 Å². The number of thiocarbonyl (C=S) groups is 1. The van der Waals surface area contributed by atoms with Gasteiger partial charge in [0.15, 0.2) is 10.7 Å². The molecule has 0 saturated carbocycles. The summed E-state index contributed by atoms with van der Waals surface area (Å²) < 4.78 is 5.96. The average Bonchev–Trinajstić information content (AvgIpc) is 3.29. The van der Waals surface area contributed by atoms with E-state index in [9.17, 15) is 4.79 Å². The number of nitrogens with one attached hydrogen (secondary N) is 2. The molecule has 0 spiro atoms. The lowest BCUT2D eigenvalue weighted by Crippen LogP contribution is -2.34. The maximum atomic E-state index is 12.7. The fraction of sp³-hybridized carbons (Fsp3) is 0.0690. The lowest BCUT2D eigenvalue weighted by atomic mass is 10.0. The minimum absolute atomic E-state index is 0.218. The van der Waals surface area contributed by atoms with Crippen LogP contribution in [-0.4, -0.2) is 16.0 Å². The number of aryl methyl sites for hydroxylation is 2. The van der Waals surface area contributed by atoms with Crippen molar-refractivity contribution in [2.45, 2.75) is 13.8 Å². The number of fused-ring (bicyclic) bond motifs is 1. The number of hydrogen-bond donors (Lipinski definition) is 2. The van der Waals surface area contributed by atoms with Crippen molar-refractivity contribution in [3.05, 3.63) is 108 Å². The molecule has 6 heteroatoms. The van der Waals surface area contributed by atoms with Crippen molar-refractivity contribution in [1.29, 1.82) is 0 Å². The Balaban J connectivity index is 1.29. The van der Waals surface area contributed by atoms with Crippen molar-refractivity contribution in [2.75, 3.05) is 5.32 Å². The average molecular weight is 478 g/mol. The fourth-order valence-corrected chi connectivity index (χ4v) is 4.02. The number of carbonyl (C=O) groups is 1. The van der Waals surface area contributed by atoms with Crippen molar-refractivity contribution in [1.82, 2.24) is 10.3 Å². The van der Waals surface area contributed by atoms with Crippen LogP contribution in [0.2, 0.25) is 0 Å². The van der Waals surface area contributed by atoms with Gasteiger partial charge in [-0.15, -0.1) is 0 Å². The molecule has 5 aromatic rings. The van der Waals surface area contributed by atoms with Gasteiger partial charge in [0.05, 0.1) is 0 Å². The zero-order chi connectivity index (χ0) is 24.4. The largest absolute Gasteiger partial charge is 0.436 e. The summed E-state index contributed by atoms with van der Waals surface area (Å²) in [6.45, 7) is 3.98. The summed E-state index contributed by atoms with van der Waals surface area (Å²) in [4.78, 5) is 17.3. The summed E-state index contributed by atoms with van der Waals surface area (Å²) in [6.07, 6.45) is 0. The molecule has 1 amide bonds. The van der Waals surface area contributed by atoms with Gasteiger partial charge in [-0.05, 0) is 84.7 Å². The summed E-state index contributed by atoms with van der Waals surface area (Å²) in [5, 5.41) is 6.11. The highest BCUT2D eigenvalue weighted by Gasteiger charge is 2.13. The van der Waals surface area contributed by atoms with Crippen LogP contribution in [-0.2, 0) is 0 Å². The number of hydrogen-bond acceptors (Lipinski definition) is 4. The molecule has 2 N–H and O–H groups in total. The van der Waals surface area contributed by atoms with Crippen LogP contribution in [0.4, 0.5) is 5.69 Å². The molecule has 172 valence electrons. The van der Waals surface area contributed by atoms with E-state index in [1.54, 1.807) is 12.1 Å². The van der Waals surface area contributed by atoms with E-state index in [2.05, 4.69) is 15.6 Å². The van der Waals surface area contributed by atoms with Crippen molar-refractivity contribution < 1.29 is 9.21 Å². The van der Waals surface area contributed by atoms with Gasteiger partial charge in [-0.2, -0.15) is 0 Å². The summed E-state index contributed by atoms with van der Waals surface area (Å²) in [7, 11) is 0. The summed E-state index contributed by atoms with van der Waals surface area (Å²) in [5.74, 6) is 0.257. The molecule has 0 radical (unpaired) electrons. The second-order valence-corrected chi connectivity index (χ2v) is 8.78. The molecule has 5 rings (SSSR count). The molecular weight excluding hydrogens is 454 g/mol. The lowest BCUT2D eigenvalue weighted by Gasteiger charge is -2.13. The van der Waals surface area contributed by atoms with Crippen molar-refractivity contribution in [2.24, 2.45) is 0 Å². The normalized spacial score (nSPS) is 10.8. The zero-order valence-electron chi connectivity index (χ0n) is 19.3. The second kappa shape index (κ2) is 9.52. The van der Waals surface area contributed by atoms with Gasteiger partial charge in [0.1, 0.15) is 5.52 Å². The molecule has 1 aromatic heterocycles. The van der Waals surface area contributed by atoms with Gasteiger partial charge < -0.3 is 9.73 Å². The Bertz CT molecular complexity index is 1540. The second-order valence-electron chi connectivity index (χ2n) is 8.37. The number of nitrogens with zero attached hydrogens (tertiary/aromatic N) is 1. The van der Waals surface area contributed by atoms with E-state index in [-0.39, 0.29) is 11.0 Å². The Morgan fingerprint density at radius 3 is 2.31 bits per heavy atom. The third-order valence-electron chi connectivity index (χ3n) is 5.76. The quantitative estimate of drug-likeness (QED) is 0.276. The first kappa shape index (κ1) is 22.5. The molecule has 0 atom stereocenters. The van der Waals surface area contributed by atoms with Crippen LogP contribution in [0.15, 0.2) is 95.4 Å². The van der Waals surface area contributed by atoms with Crippen molar-refractivity contribution >= 4 is 40.0 Å². The van der Waals surface area contributed by atoms with Gasteiger partial charge in [-0.1, -0.05) is 54.6 Å². The maximum absolute atomic E-state index is 12.7. The molecule has 0 fully saturated rings. The van der Waals surface area contributed by atoms with Crippen LogP contribution >= 0.6 is 12.2 Å².